The number of benzene rings is 2. The van der Waals surface area contributed by atoms with Gasteiger partial charge in [0.1, 0.15) is 18.1 Å². The maximum atomic E-state index is 12.2. The average Bonchev–Trinajstić information content (AvgIpc) is 2.73. The molecule has 8 heteroatoms. The van der Waals surface area contributed by atoms with Gasteiger partial charge in [0, 0.05) is 19.0 Å². The summed E-state index contributed by atoms with van der Waals surface area (Å²) in [5, 5.41) is 2.81. The molecule has 1 N–H and O–H groups in total. The van der Waals surface area contributed by atoms with Crippen molar-refractivity contribution in [3.63, 3.8) is 0 Å². The molecule has 2 aromatic rings. The molecule has 0 heterocycles. The minimum atomic E-state index is -3.48. The molecule has 32 heavy (non-hydrogen) atoms. The standard InChI is InChI=1S/C24H34N2O5S/c1-24(2,3)19-11-13-21(14-12-19)31-17-15-25-23(27)10-7-16-26(32(5,28)29)20-8-6-9-22(18-20)30-4/h6,8-9,11-14,18H,7,10,15-17H2,1-5H3,(H,25,27). The highest BCUT2D eigenvalue weighted by Gasteiger charge is 2.18. The lowest BCUT2D eigenvalue weighted by Gasteiger charge is -2.22. The summed E-state index contributed by atoms with van der Waals surface area (Å²) >= 11 is 0. The topological polar surface area (TPSA) is 84.9 Å². The second kappa shape index (κ2) is 11.2. The van der Waals surface area contributed by atoms with E-state index in [1.54, 1.807) is 24.3 Å². The van der Waals surface area contributed by atoms with Crippen LogP contribution in [-0.4, -0.2) is 47.4 Å². The molecular weight excluding hydrogens is 428 g/mol. The molecule has 0 atom stereocenters. The van der Waals surface area contributed by atoms with Crippen LogP contribution in [0.3, 0.4) is 0 Å². The van der Waals surface area contributed by atoms with Gasteiger partial charge in [0.25, 0.3) is 0 Å². The third-order valence-corrected chi connectivity index (χ3v) is 6.11. The van der Waals surface area contributed by atoms with Crippen molar-refractivity contribution >= 4 is 21.6 Å². The summed E-state index contributed by atoms with van der Waals surface area (Å²) in [4.78, 5) is 12.1. The molecule has 0 aliphatic heterocycles. The fourth-order valence-electron chi connectivity index (χ4n) is 3.13. The summed E-state index contributed by atoms with van der Waals surface area (Å²) in [5.74, 6) is 1.19. The molecule has 0 unspecified atom stereocenters. The van der Waals surface area contributed by atoms with E-state index in [-0.39, 0.29) is 24.3 Å². The van der Waals surface area contributed by atoms with Gasteiger partial charge in [0.15, 0.2) is 0 Å². The molecule has 1 amide bonds. The van der Waals surface area contributed by atoms with Gasteiger partial charge >= 0.3 is 0 Å². The SMILES string of the molecule is COc1cccc(N(CCCC(=O)NCCOc2ccc(C(C)(C)C)cc2)S(C)(=O)=O)c1. The smallest absolute Gasteiger partial charge is 0.232 e. The first-order valence-electron chi connectivity index (χ1n) is 10.6. The number of anilines is 1. The van der Waals surface area contributed by atoms with E-state index >= 15 is 0 Å². The normalized spacial score (nSPS) is 11.7. The fourth-order valence-corrected chi connectivity index (χ4v) is 4.09. The second-order valence-electron chi connectivity index (χ2n) is 8.61. The lowest BCUT2D eigenvalue weighted by Crippen LogP contribution is -2.32. The number of sulfonamides is 1. The number of carbonyl (C=O) groups excluding carboxylic acids is 1. The Morgan fingerprint density at radius 3 is 2.34 bits per heavy atom. The zero-order valence-corrected chi connectivity index (χ0v) is 20.4. The van der Waals surface area contributed by atoms with Gasteiger partial charge in [-0.15, -0.1) is 0 Å². The number of hydrogen-bond donors (Lipinski definition) is 1. The van der Waals surface area contributed by atoms with Crippen molar-refractivity contribution in [1.29, 1.82) is 0 Å². The van der Waals surface area contributed by atoms with Crippen LogP contribution in [0.4, 0.5) is 5.69 Å². The molecule has 0 radical (unpaired) electrons. The van der Waals surface area contributed by atoms with Crippen molar-refractivity contribution in [3.8, 4) is 11.5 Å². The average molecular weight is 463 g/mol. The lowest BCUT2D eigenvalue weighted by atomic mass is 9.87. The number of methoxy groups -OCH3 is 1. The number of nitrogens with one attached hydrogen (secondary N) is 1. The number of hydrogen-bond acceptors (Lipinski definition) is 5. The third-order valence-electron chi connectivity index (χ3n) is 4.92. The molecule has 0 saturated heterocycles. The van der Waals surface area contributed by atoms with Crippen LogP contribution in [0.2, 0.25) is 0 Å². The van der Waals surface area contributed by atoms with Crippen molar-refractivity contribution < 1.29 is 22.7 Å². The molecule has 7 nitrogen and oxygen atoms in total. The minimum Gasteiger partial charge on any atom is -0.497 e. The summed E-state index contributed by atoms with van der Waals surface area (Å²) < 4.78 is 36.5. The molecule has 0 saturated carbocycles. The zero-order valence-electron chi connectivity index (χ0n) is 19.6. The van der Waals surface area contributed by atoms with Crippen LogP contribution in [0, 0.1) is 0 Å². The molecule has 176 valence electrons. The Morgan fingerprint density at radius 2 is 1.75 bits per heavy atom. The van der Waals surface area contributed by atoms with E-state index in [0.29, 0.717) is 31.0 Å². The van der Waals surface area contributed by atoms with Crippen LogP contribution < -0.4 is 19.1 Å². The van der Waals surface area contributed by atoms with Crippen molar-refractivity contribution in [2.45, 2.75) is 39.0 Å². The minimum absolute atomic E-state index is 0.0891. The number of amides is 1. The van der Waals surface area contributed by atoms with Gasteiger partial charge in [-0.3, -0.25) is 9.10 Å². The van der Waals surface area contributed by atoms with Gasteiger partial charge in [-0.2, -0.15) is 0 Å². The largest absolute Gasteiger partial charge is 0.497 e. The van der Waals surface area contributed by atoms with E-state index in [2.05, 4.69) is 26.1 Å². The Kier molecular flexibility index (Phi) is 8.95. The summed E-state index contributed by atoms with van der Waals surface area (Å²) in [6, 6.07) is 14.8. The van der Waals surface area contributed by atoms with Crippen LogP contribution >= 0.6 is 0 Å². The number of nitrogens with zero attached hydrogens (tertiary/aromatic N) is 1. The first-order valence-corrected chi connectivity index (χ1v) is 12.5. The van der Waals surface area contributed by atoms with Gasteiger partial charge in [-0.1, -0.05) is 39.0 Å². The Labute approximate surface area is 191 Å². The predicted octanol–water partition coefficient (Wildman–Crippen LogP) is 3.73. The Balaban J connectivity index is 1.76. The first kappa shape index (κ1) is 25.5. The van der Waals surface area contributed by atoms with Crippen LogP contribution in [0.15, 0.2) is 48.5 Å². The van der Waals surface area contributed by atoms with Crippen LogP contribution in [0.25, 0.3) is 0 Å². The Bertz CT molecular complexity index is 982. The van der Waals surface area contributed by atoms with E-state index in [4.69, 9.17) is 9.47 Å². The van der Waals surface area contributed by atoms with E-state index < -0.39 is 10.0 Å². The highest BCUT2D eigenvalue weighted by Crippen LogP contribution is 2.25. The number of ether oxygens (including phenoxy) is 2. The van der Waals surface area contributed by atoms with Crippen LogP contribution in [0.5, 0.6) is 11.5 Å². The number of carbonyl (C=O) groups is 1. The van der Waals surface area contributed by atoms with Crippen molar-refractivity contribution in [1.82, 2.24) is 5.32 Å². The van der Waals surface area contributed by atoms with Gasteiger partial charge in [-0.25, -0.2) is 8.42 Å². The molecule has 2 aromatic carbocycles. The van der Waals surface area contributed by atoms with E-state index in [1.807, 2.05) is 24.3 Å². The molecule has 0 bridgehead atoms. The zero-order chi connectivity index (χ0) is 23.8. The predicted molar refractivity (Wildman–Crippen MR) is 128 cm³/mol. The highest BCUT2D eigenvalue weighted by atomic mass is 32.2. The second-order valence-corrected chi connectivity index (χ2v) is 10.5. The molecule has 0 fully saturated rings. The van der Waals surface area contributed by atoms with Gasteiger partial charge < -0.3 is 14.8 Å². The molecular formula is C24H34N2O5S. The molecule has 0 aromatic heterocycles. The summed E-state index contributed by atoms with van der Waals surface area (Å²) in [5.41, 5.74) is 1.83. The van der Waals surface area contributed by atoms with Gasteiger partial charge in [0.2, 0.25) is 15.9 Å². The number of rotatable bonds is 11. The van der Waals surface area contributed by atoms with E-state index in [1.165, 1.54) is 17.0 Å². The first-order chi connectivity index (χ1) is 15.0. The van der Waals surface area contributed by atoms with Crippen LogP contribution in [0.1, 0.15) is 39.2 Å². The van der Waals surface area contributed by atoms with E-state index in [9.17, 15) is 13.2 Å². The molecule has 0 aliphatic carbocycles. The summed E-state index contributed by atoms with van der Waals surface area (Å²) in [6.07, 6.45) is 1.76. The van der Waals surface area contributed by atoms with Gasteiger partial charge in [0.05, 0.1) is 25.6 Å². The molecule has 0 aliphatic rings. The maximum Gasteiger partial charge on any atom is 0.232 e. The van der Waals surface area contributed by atoms with Crippen molar-refractivity contribution in [2.24, 2.45) is 0 Å². The lowest BCUT2D eigenvalue weighted by molar-refractivity contribution is -0.121. The van der Waals surface area contributed by atoms with Crippen LogP contribution in [-0.2, 0) is 20.2 Å². The third kappa shape index (κ3) is 8.07. The summed E-state index contributed by atoms with van der Waals surface area (Å²) in [6.45, 7) is 7.42. The maximum absolute atomic E-state index is 12.2. The highest BCUT2D eigenvalue weighted by molar-refractivity contribution is 7.92. The van der Waals surface area contributed by atoms with E-state index in [0.717, 1.165) is 12.0 Å². The monoisotopic (exact) mass is 462 g/mol. The Hall–Kier alpha value is -2.74. The van der Waals surface area contributed by atoms with Crippen molar-refractivity contribution in [3.05, 3.63) is 54.1 Å². The van der Waals surface area contributed by atoms with Gasteiger partial charge in [-0.05, 0) is 41.7 Å². The Morgan fingerprint density at radius 1 is 1.06 bits per heavy atom. The molecule has 0 spiro atoms. The quantitative estimate of drug-likeness (QED) is 0.514. The molecule has 2 rings (SSSR count). The fraction of sp³-hybridized carbons (Fsp3) is 0.458. The summed E-state index contributed by atoms with van der Waals surface area (Å²) in [7, 11) is -1.95. The van der Waals surface area contributed by atoms with Crippen molar-refractivity contribution in [2.75, 3.05) is 37.4 Å².